The Kier molecular flexibility index (Phi) is 6.63. The van der Waals surface area contributed by atoms with Gasteiger partial charge in [-0.15, -0.1) is 0 Å². The SMILES string of the molecule is O=C(O)c1ccc(C(c2ccccc2O)N(Cc2ccccc2)Cc2ccccc2)cc1. The van der Waals surface area contributed by atoms with Crippen LogP contribution in [0.4, 0.5) is 0 Å². The summed E-state index contributed by atoms with van der Waals surface area (Å²) in [6.07, 6.45) is 0. The third kappa shape index (κ3) is 5.05. The lowest BCUT2D eigenvalue weighted by atomic mass is 9.94. The Morgan fingerprint density at radius 2 is 1.19 bits per heavy atom. The van der Waals surface area contributed by atoms with Crippen LogP contribution in [0.15, 0.2) is 109 Å². The predicted octanol–water partition coefficient (Wildman–Crippen LogP) is 5.88. The molecule has 0 amide bonds. The Morgan fingerprint density at radius 3 is 1.69 bits per heavy atom. The number of nitrogens with zero attached hydrogens (tertiary/aromatic N) is 1. The van der Waals surface area contributed by atoms with Crippen molar-refractivity contribution in [3.63, 3.8) is 0 Å². The molecule has 0 saturated carbocycles. The molecule has 0 fully saturated rings. The van der Waals surface area contributed by atoms with E-state index >= 15 is 0 Å². The molecule has 4 heteroatoms. The zero-order valence-corrected chi connectivity index (χ0v) is 17.6. The number of phenols is 1. The fourth-order valence-corrected chi connectivity index (χ4v) is 3.99. The topological polar surface area (TPSA) is 60.8 Å². The quantitative estimate of drug-likeness (QED) is 0.371. The third-order valence-electron chi connectivity index (χ3n) is 5.53. The van der Waals surface area contributed by atoms with E-state index in [9.17, 15) is 15.0 Å². The number of hydrogen-bond acceptors (Lipinski definition) is 3. The number of benzene rings is 4. The Labute approximate surface area is 188 Å². The van der Waals surface area contributed by atoms with E-state index in [1.54, 1.807) is 18.2 Å². The lowest BCUT2D eigenvalue weighted by Gasteiger charge is -2.33. The number of carboxylic acids is 1. The summed E-state index contributed by atoms with van der Waals surface area (Å²) in [6, 6.07) is 34.4. The van der Waals surface area contributed by atoms with Crippen LogP contribution < -0.4 is 0 Å². The van der Waals surface area contributed by atoms with Gasteiger partial charge in [0, 0.05) is 18.7 Å². The van der Waals surface area contributed by atoms with Gasteiger partial charge in [0.05, 0.1) is 11.6 Å². The molecule has 160 valence electrons. The van der Waals surface area contributed by atoms with Gasteiger partial charge in [0.2, 0.25) is 0 Å². The normalized spacial score (nSPS) is 11.9. The minimum Gasteiger partial charge on any atom is -0.508 e. The van der Waals surface area contributed by atoms with Crippen molar-refractivity contribution in [3.05, 3.63) is 137 Å². The molecule has 4 rings (SSSR count). The second-order valence-electron chi connectivity index (χ2n) is 7.76. The molecule has 0 aromatic heterocycles. The number of hydrogen-bond donors (Lipinski definition) is 2. The van der Waals surface area contributed by atoms with Gasteiger partial charge in [-0.1, -0.05) is 91.0 Å². The first-order valence-corrected chi connectivity index (χ1v) is 10.5. The van der Waals surface area contributed by atoms with E-state index in [0.29, 0.717) is 13.1 Å². The minimum atomic E-state index is -0.957. The van der Waals surface area contributed by atoms with Gasteiger partial charge in [-0.2, -0.15) is 0 Å². The third-order valence-corrected chi connectivity index (χ3v) is 5.53. The number of carboxylic acid groups (broad SMARTS) is 1. The Morgan fingerprint density at radius 1 is 0.688 bits per heavy atom. The van der Waals surface area contributed by atoms with Crippen molar-refractivity contribution in [2.45, 2.75) is 19.1 Å². The van der Waals surface area contributed by atoms with Crippen molar-refractivity contribution in [1.82, 2.24) is 4.90 Å². The maximum atomic E-state index is 11.4. The Hall–Kier alpha value is -3.89. The molecular formula is C28H25NO3. The van der Waals surface area contributed by atoms with Crippen LogP contribution in [-0.4, -0.2) is 21.1 Å². The smallest absolute Gasteiger partial charge is 0.335 e. The van der Waals surface area contributed by atoms with Gasteiger partial charge in [0.1, 0.15) is 5.75 Å². The van der Waals surface area contributed by atoms with Crippen molar-refractivity contribution in [3.8, 4) is 5.75 Å². The first-order chi connectivity index (χ1) is 15.6. The molecule has 4 aromatic carbocycles. The average molecular weight is 424 g/mol. The first-order valence-electron chi connectivity index (χ1n) is 10.5. The predicted molar refractivity (Wildman–Crippen MR) is 125 cm³/mol. The van der Waals surface area contributed by atoms with Crippen LogP contribution in [0.1, 0.15) is 38.7 Å². The van der Waals surface area contributed by atoms with E-state index in [2.05, 4.69) is 29.2 Å². The highest BCUT2D eigenvalue weighted by Gasteiger charge is 2.25. The molecule has 0 radical (unpaired) electrons. The number of rotatable bonds is 8. The maximum Gasteiger partial charge on any atom is 0.335 e. The lowest BCUT2D eigenvalue weighted by molar-refractivity contribution is 0.0697. The molecule has 0 spiro atoms. The van der Waals surface area contributed by atoms with Crippen LogP contribution in [0.3, 0.4) is 0 Å². The van der Waals surface area contributed by atoms with Gasteiger partial charge < -0.3 is 10.2 Å². The molecule has 0 aliphatic heterocycles. The lowest BCUT2D eigenvalue weighted by Crippen LogP contribution is -2.29. The summed E-state index contributed by atoms with van der Waals surface area (Å²) in [5, 5.41) is 20.1. The maximum absolute atomic E-state index is 11.4. The molecule has 0 bridgehead atoms. The molecule has 1 atom stereocenters. The summed E-state index contributed by atoms with van der Waals surface area (Å²) in [6.45, 7) is 1.32. The summed E-state index contributed by atoms with van der Waals surface area (Å²) in [7, 11) is 0. The number of aromatic carboxylic acids is 1. The van der Waals surface area contributed by atoms with Crippen molar-refractivity contribution in [2.24, 2.45) is 0 Å². The fourth-order valence-electron chi connectivity index (χ4n) is 3.99. The Balaban J connectivity index is 1.81. The van der Waals surface area contributed by atoms with E-state index in [1.807, 2.05) is 66.7 Å². The van der Waals surface area contributed by atoms with Crippen molar-refractivity contribution in [1.29, 1.82) is 0 Å². The highest BCUT2D eigenvalue weighted by atomic mass is 16.4. The summed E-state index contributed by atoms with van der Waals surface area (Å²) in [5.74, 6) is -0.743. The zero-order valence-electron chi connectivity index (χ0n) is 17.6. The van der Waals surface area contributed by atoms with Crippen LogP contribution in [0.5, 0.6) is 5.75 Å². The van der Waals surface area contributed by atoms with Gasteiger partial charge in [0.15, 0.2) is 0 Å². The molecule has 4 aromatic rings. The van der Waals surface area contributed by atoms with Crippen LogP contribution in [0, 0.1) is 0 Å². The summed E-state index contributed by atoms with van der Waals surface area (Å²) >= 11 is 0. The van der Waals surface area contributed by atoms with Crippen molar-refractivity contribution < 1.29 is 15.0 Å². The summed E-state index contributed by atoms with van der Waals surface area (Å²) in [4.78, 5) is 13.7. The molecule has 4 nitrogen and oxygen atoms in total. The van der Waals surface area contributed by atoms with Gasteiger partial charge in [-0.25, -0.2) is 4.79 Å². The van der Waals surface area contributed by atoms with E-state index < -0.39 is 5.97 Å². The second kappa shape index (κ2) is 9.94. The highest BCUT2D eigenvalue weighted by molar-refractivity contribution is 5.87. The molecule has 0 aliphatic carbocycles. The van der Waals surface area contributed by atoms with Crippen LogP contribution >= 0.6 is 0 Å². The van der Waals surface area contributed by atoms with E-state index in [4.69, 9.17) is 0 Å². The van der Waals surface area contributed by atoms with Gasteiger partial charge >= 0.3 is 5.97 Å². The minimum absolute atomic E-state index is 0.214. The van der Waals surface area contributed by atoms with Crippen molar-refractivity contribution >= 4 is 5.97 Å². The standard InChI is InChI=1S/C28H25NO3/c30-26-14-8-7-13-25(26)27(23-15-17-24(18-16-23)28(31)32)29(19-21-9-3-1-4-10-21)20-22-11-5-2-6-12-22/h1-18,27,30H,19-20H2,(H,31,32). The monoisotopic (exact) mass is 423 g/mol. The second-order valence-corrected chi connectivity index (χ2v) is 7.76. The fraction of sp³-hybridized carbons (Fsp3) is 0.107. The molecule has 2 N–H and O–H groups in total. The molecule has 1 unspecified atom stereocenters. The Bertz CT molecular complexity index is 1120. The summed E-state index contributed by atoms with van der Waals surface area (Å²) < 4.78 is 0. The molecule has 0 aliphatic rings. The largest absolute Gasteiger partial charge is 0.508 e. The van der Waals surface area contributed by atoms with Crippen molar-refractivity contribution in [2.75, 3.05) is 0 Å². The molecule has 0 saturated heterocycles. The number of phenolic OH excluding ortho intramolecular Hbond substituents is 1. The molecular weight excluding hydrogens is 398 g/mol. The van der Waals surface area contributed by atoms with E-state index in [1.165, 1.54) is 0 Å². The molecule has 32 heavy (non-hydrogen) atoms. The van der Waals surface area contributed by atoms with Crippen LogP contribution in [-0.2, 0) is 13.1 Å². The molecule has 0 heterocycles. The van der Waals surface area contributed by atoms with E-state index in [-0.39, 0.29) is 17.4 Å². The number of para-hydroxylation sites is 1. The number of carbonyl (C=O) groups is 1. The average Bonchev–Trinajstić information content (AvgIpc) is 2.82. The number of aromatic hydroxyl groups is 1. The van der Waals surface area contributed by atoms with Gasteiger partial charge in [0.25, 0.3) is 0 Å². The van der Waals surface area contributed by atoms with E-state index in [0.717, 1.165) is 22.3 Å². The van der Waals surface area contributed by atoms with Crippen LogP contribution in [0.2, 0.25) is 0 Å². The zero-order chi connectivity index (χ0) is 22.3. The van der Waals surface area contributed by atoms with Gasteiger partial charge in [-0.3, -0.25) is 4.90 Å². The first kappa shape index (κ1) is 21.3. The highest BCUT2D eigenvalue weighted by Crippen LogP contribution is 2.36. The van der Waals surface area contributed by atoms with Crippen LogP contribution in [0.25, 0.3) is 0 Å². The summed E-state index contributed by atoms with van der Waals surface area (Å²) in [5.41, 5.74) is 4.25. The van der Waals surface area contributed by atoms with Gasteiger partial charge in [-0.05, 0) is 34.9 Å².